The lowest BCUT2D eigenvalue weighted by Gasteiger charge is -2.04. The van der Waals surface area contributed by atoms with Crippen LogP contribution in [0.15, 0.2) is 54.7 Å². The molecule has 0 aliphatic heterocycles. The van der Waals surface area contributed by atoms with E-state index >= 15 is 0 Å². The molecule has 4 heteroatoms. The number of rotatable bonds is 7. The van der Waals surface area contributed by atoms with Gasteiger partial charge in [-0.25, -0.2) is 4.98 Å². The van der Waals surface area contributed by atoms with Crippen LogP contribution < -0.4 is 0 Å². The number of aromatic nitrogens is 3. The van der Waals surface area contributed by atoms with Crippen molar-refractivity contribution in [2.45, 2.75) is 39.0 Å². The SMILES string of the molecule is CCCCCCc1c(-c2ccccc2)nn(-c2ccccn2)c1O. The van der Waals surface area contributed by atoms with Gasteiger partial charge in [-0.05, 0) is 25.0 Å². The van der Waals surface area contributed by atoms with Crippen molar-refractivity contribution in [3.63, 3.8) is 0 Å². The molecule has 24 heavy (non-hydrogen) atoms. The van der Waals surface area contributed by atoms with Crippen molar-refractivity contribution in [2.24, 2.45) is 0 Å². The van der Waals surface area contributed by atoms with Gasteiger partial charge in [0.15, 0.2) is 5.82 Å². The smallest absolute Gasteiger partial charge is 0.219 e. The summed E-state index contributed by atoms with van der Waals surface area (Å²) >= 11 is 0. The maximum Gasteiger partial charge on any atom is 0.219 e. The van der Waals surface area contributed by atoms with Crippen molar-refractivity contribution in [1.29, 1.82) is 0 Å². The summed E-state index contributed by atoms with van der Waals surface area (Å²) in [5, 5.41) is 15.4. The second kappa shape index (κ2) is 7.77. The first kappa shape index (κ1) is 16.2. The molecule has 4 nitrogen and oxygen atoms in total. The molecule has 2 aromatic heterocycles. The lowest BCUT2D eigenvalue weighted by molar-refractivity contribution is 0.425. The number of benzene rings is 1. The van der Waals surface area contributed by atoms with Crippen molar-refractivity contribution in [1.82, 2.24) is 14.8 Å². The molecule has 0 amide bonds. The second-order valence-electron chi connectivity index (χ2n) is 5.93. The highest BCUT2D eigenvalue weighted by molar-refractivity contribution is 5.66. The molecule has 3 aromatic rings. The minimum Gasteiger partial charge on any atom is -0.493 e. The fourth-order valence-corrected chi connectivity index (χ4v) is 2.87. The summed E-state index contributed by atoms with van der Waals surface area (Å²) in [5.41, 5.74) is 2.77. The molecule has 3 rings (SSSR count). The van der Waals surface area contributed by atoms with Crippen LogP contribution >= 0.6 is 0 Å². The zero-order chi connectivity index (χ0) is 16.8. The van der Waals surface area contributed by atoms with E-state index in [9.17, 15) is 5.11 Å². The Morgan fingerprint density at radius 1 is 0.958 bits per heavy atom. The Morgan fingerprint density at radius 2 is 1.75 bits per heavy atom. The summed E-state index contributed by atoms with van der Waals surface area (Å²) in [6.45, 7) is 2.20. The normalized spacial score (nSPS) is 10.9. The fourth-order valence-electron chi connectivity index (χ4n) is 2.87. The highest BCUT2D eigenvalue weighted by Gasteiger charge is 2.19. The minimum absolute atomic E-state index is 0.198. The first-order chi connectivity index (χ1) is 11.8. The highest BCUT2D eigenvalue weighted by atomic mass is 16.3. The van der Waals surface area contributed by atoms with Gasteiger partial charge in [0.05, 0.1) is 5.69 Å². The number of pyridine rings is 1. The lowest BCUT2D eigenvalue weighted by Crippen LogP contribution is -1.98. The average molecular weight is 321 g/mol. The molecule has 0 fully saturated rings. The molecule has 0 aliphatic rings. The van der Waals surface area contributed by atoms with Crippen molar-refractivity contribution in [3.05, 3.63) is 60.3 Å². The molecule has 0 aliphatic carbocycles. The Kier molecular flexibility index (Phi) is 5.26. The Hall–Kier alpha value is -2.62. The maximum atomic E-state index is 10.7. The van der Waals surface area contributed by atoms with Crippen molar-refractivity contribution >= 4 is 0 Å². The summed E-state index contributed by atoms with van der Waals surface area (Å²) in [5.74, 6) is 0.830. The van der Waals surface area contributed by atoms with E-state index in [1.807, 2.05) is 48.5 Å². The van der Waals surface area contributed by atoms with Gasteiger partial charge in [-0.3, -0.25) is 0 Å². The predicted octanol–water partition coefficient (Wildman–Crippen LogP) is 4.76. The molecule has 0 unspecified atom stereocenters. The van der Waals surface area contributed by atoms with E-state index in [1.54, 1.807) is 6.20 Å². The summed E-state index contributed by atoms with van der Waals surface area (Å²) in [6.07, 6.45) is 7.16. The molecule has 0 atom stereocenters. The van der Waals surface area contributed by atoms with Gasteiger partial charge in [-0.2, -0.15) is 9.78 Å². The monoisotopic (exact) mass is 321 g/mol. The van der Waals surface area contributed by atoms with E-state index in [-0.39, 0.29) is 5.88 Å². The van der Waals surface area contributed by atoms with E-state index in [0.29, 0.717) is 5.82 Å². The third-order valence-electron chi connectivity index (χ3n) is 4.15. The molecule has 0 bridgehead atoms. The number of aromatic hydroxyl groups is 1. The number of hydrogen-bond donors (Lipinski definition) is 1. The highest BCUT2D eigenvalue weighted by Crippen LogP contribution is 2.32. The van der Waals surface area contributed by atoms with Gasteiger partial charge in [0.1, 0.15) is 0 Å². The summed E-state index contributed by atoms with van der Waals surface area (Å²) < 4.78 is 1.54. The van der Waals surface area contributed by atoms with Gasteiger partial charge in [0.25, 0.3) is 0 Å². The van der Waals surface area contributed by atoms with Crippen LogP contribution in [0.4, 0.5) is 0 Å². The maximum absolute atomic E-state index is 10.7. The summed E-state index contributed by atoms with van der Waals surface area (Å²) in [4.78, 5) is 4.31. The Labute approximate surface area is 142 Å². The van der Waals surface area contributed by atoms with Crippen LogP contribution in [-0.4, -0.2) is 19.9 Å². The van der Waals surface area contributed by atoms with Crippen molar-refractivity contribution in [3.8, 4) is 23.0 Å². The zero-order valence-electron chi connectivity index (χ0n) is 14.0. The third kappa shape index (κ3) is 3.48. The predicted molar refractivity (Wildman–Crippen MR) is 96.3 cm³/mol. The number of nitrogens with zero attached hydrogens (tertiary/aromatic N) is 3. The quantitative estimate of drug-likeness (QED) is 0.638. The molecular weight excluding hydrogens is 298 g/mol. The van der Waals surface area contributed by atoms with Crippen LogP contribution in [0.1, 0.15) is 38.2 Å². The van der Waals surface area contributed by atoms with Gasteiger partial charge in [0, 0.05) is 17.3 Å². The van der Waals surface area contributed by atoms with Gasteiger partial charge in [0.2, 0.25) is 5.88 Å². The summed E-state index contributed by atoms with van der Waals surface area (Å²) in [7, 11) is 0. The average Bonchev–Trinajstić information content (AvgIpc) is 2.97. The largest absolute Gasteiger partial charge is 0.493 e. The molecule has 1 N–H and O–H groups in total. The fraction of sp³-hybridized carbons (Fsp3) is 0.300. The van der Waals surface area contributed by atoms with Crippen LogP contribution in [0.5, 0.6) is 5.88 Å². The van der Waals surface area contributed by atoms with E-state index in [0.717, 1.165) is 29.7 Å². The van der Waals surface area contributed by atoms with E-state index in [4.69, 9.17) is 0 Å². The molecule has 2 heterocycles. The van der Waals surface area contributed by atoms with E-state index < -0.39 is 0 Å². The molecule has 0 spiro atoms. The van der Waals surface area contributed by atoms with Crippen molar-refractivity contribution in [2.75, 3.05) is 0 Å². The van der Waals surface area contributed by atoms with Crippen molar-refractivity contribution < 1.29 is 5.11 Å². The van der Waals surface area contributed by atoms with E-state index in [2.05, 4.69) is 17.0 Å². The van der Waals surface area contributed by atoms with Gasteiger partial charge < -0.3 is 5.11 Å². The topological polar surface area (TPSA) is 50.9 Å². The Morgan fingerprint density at radius 3 is 2.46 bits per heavy atom. The van der Waals surface area contributed by atoms with Crippen LogP contribution in [0.25, 0.3) is 17.1 Å². The number of hydrogen-bond acceptors (Lipinski definition) is 3. The zero-order valence-corrected chi connectivity index (χ0v) is 14.0. The Bertz CT molecular complexity index is 766. The van der Waals surface area contributed by atoms with E-state index in [1.165, 1.54) is 23.9 Å². The molecular formula is C20H23N3O. The lowest BCUT2D eigenvalue weighted by atomic mass is 10.0. The Balaban J connectivity index is 1.99. The number of unbranched alkanes of at least 4 members (excludes halogenated alkanes) is 3. The third-order valence-corrected chi connectivity index (χ3v) is 4.15. The molecule has 0 saturated carbocycles. The molecule has 124 valence electrons. The first-order valence-corrected chi connectivity index (χ1v) is 8.59. The minimum atomic E-state index is 0.198. The first-order valence-electron chi connectivity index (χ1n) is 8.59. The van der Waals surface area contributed by atoms with Crippen LogP contribution in [-0.2, 0) is 6.42 Å². The molecule has 0 radical (unpaired) electrons. The molecule has 1 aromatic carbocycles. The van der Waals surface area contributed by atoms with Gasteiger partial charge >= 0.3 is 0 Å². The van der Waals surface area contributed by atoms with Crippen LogP contribution in [0.3, 0.4) is 0 Å². The standard InChI is InChI=1S/C20H23N3O/c1-2-3-4-8-13-17-19(16-11-6-5-7-12-16)22-23(20(17)24)18-14-9-10-15-21-18/h5-7,9-12,14-15,24H,2-4,8,13H2,1H3. The van der Waals surface area contributed by atoms with Crippen LogP contribution in [0, 0.1) is 0 Å². The van der Waals surface area contributed by atoms with Gasteiger partial charge in [-0.1, -0.05) is 62.6 Å². The summed E-state index contributed by atoms with van der Waals surface area (Å²) in [6, 6.07) is 15.6. The second-order valence-corrected chi connectivity index (χ2v) is 5.93. The van der Waals surface area contributed by atoms with Gasteiger partial charge in [-0.15, -0.1) is 0 Å². The van der Waals surface area contributed by atoms with Crippen LogP contribution in [0.2, 0.25) is 0 Å². The molecule has 0 saturated heterocycles.